The van der Waals surface area contributed by atoms with Crippen LogP contribution in [0.2, 0.25) is 0 Å². The van der Waals surface area contributed by atoms with Gasteiger partial charge in [0.2, 0.25) is 5.91 Å². The predicted octanol–water partition coefficient (Wildman–Crippen LogP) is 3.61. The second-order valence-electron chi connectivity index (χ2n) is 8.18. The molecule has 1 aliphatic rings. The number of hydrogen-bond donors (Lipinski definition) is 1. The van der Waals surface area contributed by atoms with Crippen LogP contribution in [0.1, 0.15) is 52.0 Å². The van der Waals surface area contributed by atoms with Crippen LogP contribution >= 0.6 is 0 Å². The lowest BCUT2D eigenvalue weighted by Crippen LogP contribution is -2.47. The van der Waals surface area contributed by atoms with Gasteiger partial charge in [0.25, 0.3) is 0 Å². The van der Waals surface area contributed by atoms with Crippen LogP contribution in [-0.4, -0.2) is 31.9 Å². The van der Waals surface area contributed by atoms with E-state index in [0.29, 0.717) is 24.2 Å². The van der Waals surface area contributed by atoms with Gasteiger partial charge in [0.1, 0.15) is 5.75 Å². The molecule has 0 spiro atoms. The fourth-order valence-electron chi connectivity index (χ4n) is 4.03. The van der Waals surface area contributed by atoms with E-state index < -0.39 is 15.6 Å². The molecule has 1 saturated carbocycles. The molecule has 3 unspecified atom stereocenters. The van der Waals surface area contributed by atoms with Crippen LogP contribution in [0.5, 0.6) is 0 Å². The molecule has 1 N–H and O–H groups in total. The van der Waals surface area contributed by atoms with Gasteiger partial charge in [-0.05, 0) is 49.0 Å². The molecule has 0 bridgehead atoms. The van der Waals surface area contributed by atoms with Crippen LogP contribution in [0.3, 0.4) is 0 Å². The summed E-state index contributed by atoms with van der Waals surface area (Å²) >= 11 is 0. The predicted molar refractivity (Wildman–Crippen MR) is 107 cm³/mol. The highest BCUT2D eigenvalue weighted by Crippen LogP contribution is 2.33. The number of carbonyl (C=O) groups excluding carboxylic acids is 1. The Morgan fingerprint density at radius 3 is 2.54 bits per heavy atom. The van der Waals surface area contributed by atoms with Gasteiger partial charge in [-0.15, -0.1) is 0 Å². The van der Waals surface area contributed by atoms with Crippen molar-refractivity contribution in [3.63, 3.8) is 0 Å². The van der Waals surface area contributed by atoms with Gasteiger partial charge < -0.3 is 5.32 Å². The number of sulfone groups is 1. The molecule has 1 fully saturated rings. The van der Waals surface area contributed by atoms with Crippen LogP contribution in [0.15, 0.2) is 30.3 Å². The molecule has 1 aromatic rings. The summed E-state index contributed by atoms with van der Waals surface area (Å²) in [6.07, 6.45) is 4.51. The molecule has 0 aliphatic heterocycles. The quantitative estimate of drug-likeness (QED) is 0.750. The van der Waals surface area contributed by atoms with Crippen molar-refractivity contribution in [1.29, 1.82) is 0 Å². The lowest BCUT2D eigenvalue weighted by molar-refractivity contribution is -0.120. The molecule has 0 saturated heterocycles. The number of carbonyl (C=O) groups is 1. The second kappa shape index (κ2) is 9.54. The average molecular weight is 380 g/mol. The first-order valence-corrected chi connectivity index (χ1v) is 11.6. The molecule has 2 rings (SSSR count). The normalized spacial score (nSPS) is 23.8. The van der Waals surface area contributed by atoms with Gasteiger partial charge in [-0.25, -0.2) is 8.42 Å². The van der Waals surface area contributed by atoms with Crippen molar-refractivity contribution in [2.75, 3.05) is 11.5 Å². The minimum Gasteiger partial charge on any atom is -0.352 e. The van der Waals surface area contributed by atoms with E-state index >= 15 is 0 Å². The van der Waals surface area contributed by atoms with Crippen LogP contribution in [-0.2, 0) is 21.1 Å². The Morgan fingerprint density at radius 2 is 1.88 bits per heavy atom. The van der Waals surface area contributed by atoms with E-state index in [2.05, 4.69) is 26.1 Å². The summed E-state index contributed by atoms with van der Waals surface area (Å²) in [6.45, 7) is 6.57. The summed E-state index contributed by atoms with van der Waals surface area (Å²) < 4.78 is 24.6. The summed E-state index contributed by atoms with van der Waals surface area (Å²) in [7, 11) is -3.37. The zero-order valence-electron chi connectivity index (χ0n) is 16.3. The van der Waals surface area contributed by atoms with E-state index in [1.54, 1.807) is 0 Å². The smallest absolute Gasteiger partial charge is 0.235 e. The van der Waals surface area contributed by atoms with Crippen molar-refractivity contribution in [3.05, 3.63) is 35.9 Å². The van der Waals surface area contributed by atoms with Gasteiger partial charge in [0.15, 0.2) is 9.84 Å². The minimum atomic E-state index is -3.37. The fraction of sp³-hybridized carbons (Fsp3) is 0.667. The first-order chi connectivity index (χ1) is 12.3. The van der Waals surface area contributed by atoms with Gasteiger partial charge in [0.05, 0.1) is 5.75 Å². The van der Waals surface area contributed by atoms with Crippen molar-refractivity contribution in [3.8, 4) is 0 Å². The van der Waals surface area contributed by atoms with Crippen molar-refractivity contribution in [2.24, 2.45) is 17.8 Å². The van der Waals surface area contributed by atoms with E-state index in [1.807, 2.05) is 30.3 Å². The number of nitrogens with one attached hydrogen (secondary N) is 1. The van der Waals surface area contributed by atoms with Crippen molar-refractivity contribution < 1.29 is 13.2 Å². The van der Waals surface area contributed by atoms with Gasteiger partial charge in [-0.3, -0.25) is 4.79 Å². The minimum absolute atomic E-state index is 0.0595. The maximum absolute atomic E-state index is 12.3. The van der Waals surface area contributed by atoms with Crippen LogP contribution < -0.4 is 5.32 Å². The maximum Gasteiger partial charge on any atom is 0.235 e. The summed E-state index contributed by atoms with van der Waals surface area (Å²) in [5, 5.41) is 3.03. The average Bonchev–Trinajstić information content (AvgIpc) is 2.54. The summed E-state index contributed by atoms with van der Waals surface area (Å²) in [5.41, 5.74) is 1.13. The SMILES string of the molecule is CC1CCC(C(C)C)C(NC(=O)CS(=O)(=O)CCCc2ccccc2)C1. The second-order valence-corrected chi connectivity index (χ2v) is 10.4. The van der Waals surface area contributed by atoms with E-state index in [1.165, 1.54) is 6.42 Å². The van der Waals surface area contributed by atoms with Gasteiger partial charge in [0, 0.05) is 6.04 Å². The first-order valence-electron chi connectivity index (χ1n) is 9.80. The van der Waals surface area contributed by atoms with Gasteiger partial charge in [-0.2, -0.15) is 0 Å². The lowest BCUT2D eigenvalue weighted by atomic mass is 9.74. The van der Waals surface area contributed by atoms with E-state index in [9.17, 15) is 13.2 Å². The maximum atomic E-state index is 12.3. The molecule has 1 amide bonds. The molecule has 0 heterocycles. The molecule has 4 nitrogen and oxygen atoms in total. The Labute approximate surface area is 158 Å². The molecule has 26 heavy (non-hydrogen) atoms. The summed E-state index contributed by atoms with van der Waals surface area (Å²) in [4.78, 5) is 12.3. The highest BCUT2D eigenvalue weighted by molar-refractivity contribution is 7.92. The topological polar surface area (TPSA) is 63.2 Å². The Kier molecular flexibility index (Phi) is 7.69. The zero-order chi connectivity index (χ0) is 19.2. The zero-order valence-corrected chi connectivity index (χ0v) is 17.1. The van der Waals surface area contributed by atoms with Gasteiger partial charge in [-0.1, -0.05) is 57.5 Å². The monoisotopic (exact) mass is 379 g/mol. The highest BCUT2D eigenvalue weighted by Gasteiger charge is 2.32. The molecule has 1 aliphatic carbocycles. The summed E-state index contributed by atoms with van der Waals surface area (Å²) in [5.74, 6) is 0.847. The standard InChI is InChI=1S/C21H33NO3S/c1-16(2)19-12-11-17(3)14-20(19)22-21(23)15-26(24,25)13-7-10-18-8-5-4-6-9-18/h4-6,8-9,16-17,19-20H,7,10-15H2,1-3H3,(H,22,23). The molecular weight excluding hydrogens is 346 g/mol. The van der Waals surface area contributed by atoms with E-state index in [0.717, 1.165) is 24.8 Å². The van der Waals surface area contributed by atoms with Crippen molar-refractivity contribution in [2.45, 2.75) is 58.9 Å². The van der Waals surface area contributed by atoms with Crippen LogP contribution in [0.4, 0.5) is 0 Å². The van der Waals surface area contributed by atoms with Crippen LogP contribution in [0.25, 0.3) is 0 Å². The number of amides is 1. The molecule has 1 aromatic carbocycles. The third kappa shape index (κ3) is 6.75. The van der Waals surface area contributed by atoms with Crippen molar-refractivity contribution in [1.82, 2.24) is 5.32 Å². The fourth-order valence-corrected chi connectivity index (χ4v) is 5.24. The lowest BCUT2D eigenvalue weighted by Gasteiger charge is -2.37. The number of hydrogen-bond acceptors (Lipinski definition) is 3. The number of benzene rings is 1. The molecule has 0 radical (unpaired) electrons. The third-order valence-electron chi connectivity index (χ3n) is 5.48. The Morgan fingerprint density at radius 1 is 1.19 bits per heavy atom. The molecule has 146 valence electrons. The molecular formula is C21H33NO3S. The third-order valence-corrected chi connectivity index (χ3v) is 7.10. The molecule has 0 aromatic heterocycles. The highest BCUT2D eigenvalue weighted by atomic mass is 32.2. The largest absolute Gasteiger partial charge is 0.352 e. The van der Waals surface area contributed by atoms with E-state index in [-0.39, 0.29) is 17.7 Å². The Bertz CT molecular complexity index is 670. The van der Waals surface area contributed by atoms with Crippen LogP contribution in [0, 0.1) is 17.8 Å². The Balaban J connectivity index is 1.82. The van der Waals surface area contributed by atoms with E-state index in [4.69, 9.17) is 0 Å². The molecule has 3 atom stereocenters. The Hall–Kier alpha value is -1.36. The summed E-state index contributed by atoms with van der Waals surface area (Å²) in [6, 6.07) is 9.94. The van der Waals surface area contributed by atoms with Crippen molar-refractivity contribution >= 4 is 15.7 Å². The van der Waals surface area contributed by atoms with Gasteiger partial charge >= 0.3 is 0 Å². The number of rotatable bonds is 8. The number of aryl methyl sites for hydroxylation is 1. The first kappa shape index (κ1) is 20.9. The molecule has 5 heteroatoms.